The summed E-state index contributed by atoms with van der Waals surface area (Å²) in [6.45, 7) is -0.124. The Balaban J connectivity index is 1.66. The van der Waals surface area contributed by atoms with Crippen LogP contribution >= 0.6 is 7.60 Å². The number of amides is 1. The fourth-order valence-corrected chi connectivity index (χ4v) is 4.62. The number of hydrogen-bond donors (Lipinski definition) is 2. The van der Waals surface area contributed by atoms with Crippen molar-refractivity contribution in [3.05, 3.63) is 108 Å². The molecule has 0 aliphatic heterocycles. The van der Waals surface area contributed by atoms with Crippen molar-refractivity contribution in [2.75, 3.05) is 6.16 Å². The molecule has 8 nitrogen and oxygen atoms in total. The van der Waals surface area contributed by atoms with Gasteiger partial charge in [0.05, 0.1) is 19.4 Å². The first-order chi connectivity index (χ1) is 16.4. The highest BCUT2D eigenvalue weighted by Crippen LogP contribution is 2.50. The smallest absolute Gasteiger partial charge is 0.408 e. The van der Waals surface area contributed by atoms with Gasteiger partial charge in [0.25, 0.3) is 0 Å². The van der Waals surface area contributed by atoms with Crippen LogP contribution in [0.2, 0.25) is 0 Å². The third-order valence-corrected chi connectivity index (χ3v) is 6.61. The van der Waals surface area contributed by atoms with E-state index in [1.54, 1.807) is 72.8 Å². The third-order valence-electron chi connectivity index (χ3n) is 4.75. The Bertz CT molecular complexity index is 1050. The maximum atomic E-state index is 13.5. The van der Waals surface area contributed by atoms with Crippen molar-refractivity contribution >= 4 is 19.7 Å². The van der Waals surface area contributed by atoms with Crippen LogP contribution in [-0.2, 0) is 43.0 Å². The number of carbonyl (C=O) groups is 2. The van der Waals surface area contributed by atoms with Gasteiger partial charge >= 0.3 is 19.7 Å². The summed E-state index contributed by atoms with van der Waals surface area (Å²) >= 11 is 0. The monoisotopic (exact) mass is 483 g/mol. The number of rotatable bonds is 12. The van der Waals surface area contributed by atoms with Gasteiger partial charge in [-0.1, -0.05) is 91.0 Å². The largest absolute Gasteiger partial charge is 0.480 e. The van der Waals surface area contributed by atoms with Crippen molar-refractivity contribution in [2.45, 2.75) is 25.9 Å². The van der Waals surface area contributed by atoms with E-state index in [1.165, 1.54) is 0 Å². The normalized spacial score (nSPS) is 12.0. The Morgan fingerprint density at radius 3 is 1.56 bits per heavy atom. The van der Waals surface area contributed by atoms with Crippen LogP contribution in [0.15, 0.2) is 91.0 Å². The molecule has 3 rings (SSSR count). The SMILES string of the molecule is O=C(NC(CP(=O)(OCc1ccccc1)OCc1ccccc1)C(=O)O)OCc1ccccc1. The predicted octanol–water partition coefficient (Wildman–Crippen LogP) is 4.99. The summed E-state index contributed by atoms with van der Waals surface area (Å²) in [6, 6.07) is 25.4. The van der Waals surface area contributed by atoms with Gasteiger partial charge < -0.3 is 24.2 Å². The van der Waals surface area contributed by atoms with Gasteiger partial charge in [-0.15, -0.1) is 0 Å². The van der Waals surface area contributed by atoms with Gasteiger partial charge in [-0.25, -0.2) is 9.59 Å². The first-order valence-electron chi connectivity index (χ1n) is 10.6. The van der Waals surface area contributed by atoms with E-state index in [0.29, 0.717) is 0 Å². The van der Waals surface area contributed by atoms with Crippen molar-refractivity contribution in [2.24, 2.45) is 0 Å². The lowest BCUT2D eigenvalue weighted by molar-refractivity contribution is -0.138. The van der Waals surface area contributed by atoms with Gasteiger partial charge in [0.1, 0.15) is 12.6 Å². The van der Waals surface area contributed by atoms with Crippen LogP contribution in [-0.4, -0.2) is 29.4 Å². The molecule has 0 bridgehead atoms. The second-order valence-electron chi connectivity index (χ2n) is 7.41. The zero-order valence-electron chi connectivity index (χ0n) is 18.4. The lowest BCUT2D eigenvalue weighted by Gasteiger charge is -2.22. The molecular weight excluding hydrogens is 457 g/mol. The van der Waals surface area contributed by atoms with E-state index in [0.717, 1.165) is 16.7 Å². The second-order valence-corrected chi connectivity index (χ2v) is 9.51. The highest BCUT2D eigenvalue weighted by molar-refractivity contribution is 7.53. The van der Waals surface area contributed by atoms with Gasteiger partial charge in [-0.2, -0.15) is 0 Å². The van der Waals surface area contributed by atoms with Crippen LogP contribution in [0.4, 0.5) is 4.79 Å². The summed E-state index contributed by atoms with van der Waals surface area (Å²) in [6.07, 6.45) is -1.52. The molecule has 1 atom stereocenters. The van der Waals surface area contributed by atoms with E-state index in [1.807, 2.05) is 18.2 Å². The van der Waals surface area contributed by atoms with E-state index < -0.39 is 31.9 Å². The first-order valence-corrected chi connectivity index (χ1v) is 12.3. The highest BCUT2D eigenvalue weighted by Gasteiger charge is 2.34. The molecule has 3 aromatic carbocycles. The molecule has 0 spiro atoms. The van der Waals surface area contributed by atoms with Gasteiger partial charge in [-0.3, -0.25) is 4.57 Å². The fraction of sp³-hybridized carbons (Fsp3) is 0.200. The Morgan fingerprint density at radius 1 is 0.735 bits per heavy atom. The van der Waals surface area contributed by atoms with Crippen molar-refractivity contribution in [3.8, 4) is 0 Å². The first kappa shape index (κ1) is 25.2. The molecule has 9 heteroatoms. The molecule has 1 unspecified atom stereocenters. The van der Waals surface area contributed by atoms with Crippen LogP contribution in [0.5, 0.6) is 0 Å². The Hall–Kier alpha value is -3.45. The maximum absolute atomic E-state index is 13.5. The summed E-state index contributed by atoms with van der Waals surface area (Å²) in [5.41, 5.74) is 2.23. The number of aliphatic carboxylic acids is 1. The average Bonchev–Trinajstić information content (AvgIpc) is 2.87. The zero-order chi connectivity index (χ0) is 24.2. The maximum Gasteiger partial charge on any atom is 0.408 e. The fourth-order valence-electron chi connectivity index (χ4n) is 2.95. The number of carboxylic acid groups (broad SMARTS) is 1. The van der Waals surface area contributed by atoms with Crippen molar-refractivity contribution in [1.82, 2.24) is 5.32 Å². The molecule has 1 amide bonds. The van der Waals surface area contributed by atoms with Crippen molar-refractivity contribution in [3.63, 3.8) is 0 Å². The predicted molar refractivity (Wildman–Crippen MR) is 126 cm³/mol. The Labute approximate surface area is 198 Å². The molecule has 0 saturated carbocycles. The van der Waals surface area contributed by atoms with Crippen LogP contribution in [0, 0.1) is 0 Å². The van der Waals surface area contributed by atoms with Crippen LogP contribution < -0.4 is 5.32 Å². The van der Waals surface area contributed by atoms with E-state index in [4.69, 9.17) is 13.8 Å². The molecule has 0 aromatic heterocycles. The molecule has 0 saturated heterocycles. The second kappa shape index (κ2) is 12.7. The molecule has 0 aliphatic rings. The Morgan fingerprint density at radius 2 is 1.15 bits per heavy atom. The molecule has 178 valence electrons. The summed E-state index contributed by atoms with van der Waals surface area (Å²) in [5.74, 6) is -1.39. The molecule has 3 aromatic rings. The van der Waals surface area contributed by atoms with E-state index in [2.05, 4.69) is 5.32 Å². The van der Waals surface area contributed by atoms with E-state index in [-0.39, 0.29) is 19.8 Å². The number of alkyl carbamates (subject to hydrolysis) is 1. The third kappa shape index (κ3) is 8.48. The number of ether oxygens (including phenoxy) is 1. The number of nitrogens with one attached hydrogen (secondary N) is 1. The summed E-state index contributed by atoms with van der Waals surface area (Å²) in [7, 11) is -3.94. The van der Waals surface area contributed by atoms with Crippen molar-refractivity contribution in [1.29, 1.82) is 0 Å². The standard InChI is InChI=1S/C25H26NO7P/c27-24(28)23(26-25(29)31-16-20-10-4-1-5-11-20)19-34(30,32-17-21-12-6-2-7-13-21)33-18-22-14-8-3-9-15-22/h1-15,23H,16-19H2,(H,26,29)(H,27,28). The molecule has 34 heavy (non-hydrogen) atoms. The molecule has 2 N–H and O–H groups in total. The van der Waals surface area contributed by atoms with Gasteiger partial charge in [-0.05, 0) is 16.7 Å². The molecule has 0 heterocycles. The minimum absolute atomic E-state index is 0.0360. The molecule has 0 fully saturated rings. The zero-order valence-corrected chi connectivity index (χ0v) is 19.3. The average molecular weight is 483 g/mol. The van der Waals surface area contributed by atoms with E-state index >= 15 is 0 Å². The minimum Gasteiger partial charge on any atom is -0.480 e. The Kier molecular flexibility index (Phi) is 9.40. The van der Waals surface area contributed by atoms with E-state index in [9.17, 15) is 19.3 Å². The summed E-state index contributed by atoms with van der Waals surface area (Å²) < 4.78 is 29.8. The minimum atomic E-state index is -3.94. The summed E-state index contributed by atoms with van der Waals surface area (Å²) in [5, 5.41) is 11.9. The number of carboxylic acids is 1. The lowest BCUT2D eigenvalue weighted by Crippen LogP contribution is -2.43. The topological polar surface area (TPSA) is 111 Å². The number of carbonyl (C=O) groups excluding carboxylic acids is 1. The van der Waals surface area contributed by atoms with Gasteiger partial charge in [0, 0.05) is 0 Å². The van der Waals surface area contributed by atoms with Gasteiger partial charge in [0.15, 0.2) is 0 Å². The number of benzene rings is 3. The van der Waals surface area contributed by atoms with Gasteiger partial charge in [0.2, 0.25) is 0 Å². The highest BCUT2D eigenvalue weighted by atomic mass is 31.2. The van der Waals surface area contributed by atoms with Crippen LogP contribution in [0.1, 0.15) is 16.7 Å². The molecular formula is C25H26NO7P. The van der Waals surface area contributed by atoms with Crippen LogP contribution in [0.25, 0.3) is 0 Å². The van der Waals surface area contributed by atoms with Crippen LogP contribution in [0.3, 0.4) is 0 Å². The summed E-state index contributed by atoms with van der Waals surface area (Å²) in [4.78, 5) is 24.0. The van der Waals surface area contributed by atoms with Crippen molar-refractivity contribution < 1.29 is 33.0 Å². The molecule has 0 radical (unpaired) electrons. The number of hydrogen-bond acceptors (Lipinski definition) is 6. The quantitative estimate of drug-likeness (QED) is 0.349. The lowest BCUT2D eigenvalue weighted by atomic mass is 10.2. The molecule has 0 aliphatic carbocycles.